The molecule has 5 nitrogen and oxygen atoms in total. The van der Waals surface area contributed by atoms with Crippen LogP contribution in [0.25, 0.3) is 0 Å². The molecule has 2 amide bonds. The van der Waals surface area contributed by atoms with Crippen LogP contribution >= 0.6 is 23.2 Å². The maximum absolute atomic E-state index is 12.3. The summed E-state index contributed by atoms with van der Waals surface area (Å²) < 4.78 is 5.63. The number of carbonyl (C=O) groups is 2. The molecule has 0 spiro atoms. The fourth-order valence-electron chi connectivity index (χ4n) is 2.63. The second kappa shape index (κ2) is 7.33. The van der Waals surface area contributed by atoms with Crippen molar-refractivity contribution in [1.29, 1.82) is 0 Å². The summed E-state index contributed by atoms with van der Waals surface area (Å²) in [5, 5.41) is 6.56. The van der Waals surface area contributed by atoms with Gasteiger partial charge in [0.15, 0.2) is 6.10 Å². The molecule has 0 radical (unpaired) electrons. The molecule has 7 heteroatoms. The molecule has 130 valence electrons. The zero-order valence-electron chi connectivity index (χ0n) is 13.4. The first-order valence-electron chi connectivity index (χ1n) is 7.75. The Balaban J connectivity index is 1.63. The quantitative estimate of drug-likeness (QED) is 0.845. The summed E-state index contributed by atoms with van der Waals surface area (Å²) >= 11 is 12.0. The first-order chi connectivity index (χ1) is 11.9. The molecule has 2 aromatic rings. The molecule has 0 aromatic heterocycles. The van der Waals surface area contributed by atoms with Gasteiger partial charge in [0, 0.05) is 10.0 Å². The SMILES string of the molecule is C[C@H](NC(=O)C[C@H]1Oc2ccccc2NC1=O)c1ccc(Cl)cc1Cl. The number of rotatable bonds is 4. The molecule has 2 atom stereocenters. The maximum atomic E-state index is 12.3. The van der Waals surface area contributed by atoms with Crippen LogP contribution < -0.4 is 15.4 Å². The molecule has 25 heavy (non-hydrogen) atoms. The van der Waals surface area contributed by atoms with Crippen molar-refractivity contribution in [2.45, 2.75) is 25.5 Å². The number of fused-ring (bicyclic) bond motifs is 1. The van der Waals surface area contributed by atoms with E-state index in [2.05, 4.69) is 10.6 Å². The lowest BCUT2D eigenvalue weighted by Crippen LogP contribution is -2.41. The van der Waals surface area contributed by atoms with Gasteiger partial charge in [-0.3, -0.25) is 9.59 Å². The van der Waals surface area contributed by atoms with Crippen LogP contribution in [0.15, 0.2) is 42.5 Å². The Morgan fingerprint density at radius 2 is 2.04 bits per heavy atom. The second-order valence-corrected chi connectivity index (χ2v) is 6.59. The Labute approximate surface area is 155 Å². The number of hydrogen-bond donors (Lipinski definition) is 2. The maximum Gasteiger partial charge on any atom is 0.266 e. The molecule has 0 aliphatic carbocycles. The predicted octanol–water partition coefficient (Wildman–Crippen LogP) is 3.96. The Bertz CT molecular complexity index is 826. The number of halogens is 2. The molecular formula is C18H16Cl2N2O3. The molecule has 0 saturated carbocycles. The van der Waals surface area contributed by atoms with Crippen molar-refractivity contribution in [1.82, 2.24) is 5.32 Å². The topological polar surface area (TPSA) is 67.4 Å². The van der Waals surface area contributed by atoms with Gasteiger partial charge in [-0.1, -0.05) is 41.4 Å². The van der Waals surface area contributed by atoms with Gasteiger partial charge in [-0.15, -0.1) is 0 Å². The third kappa shape index (κ3) is 4.06. The van der Waals surface area contributed by atoms with Crippen molar-refractivity contribution in [2.24, 2.45) is 0 Å². The summed E-state index contributed by atoms with van der Waals surface area (Å²) in [4.78, 5) is 24.4. The van der Waals surface area contributed by atoms with Crippen molar-refractivity contribution in [3.05, 3.63) is 58.1 Å². The van der Waals surface area contributed by atoms with E-state index in [-0.39, 0.29) is 24.3 Å². The van der Waals surface area contributed by atoms with Crippen molar-refractivity contribution in [3.8, 4) is 5.75 Å². The van der Waals surface area contributed by atoms with Gasteiger partial charge >= 0.3 is 0 Å². The van der Waals surface area contributed by atoms with E-state index in [9.17, 15) is 9.59 Å². The Morgan fingerprint density at radius 3 is 2.80 bits per heavy atom. The summed E-state index contributed by atoms with van der Waals surface area (Å²) in [6.07, 6.45) is -0.960. The Kier molecular flexibility index (Phi) is 5.16. The molecular weight excluding hydrogens is 363 g/mol. The molecule has 0 saturated heterocycles. The number of ether oxygens (including phenoxy) is 1. The smallest absolute Gasteiger partial charge is 0.266 e. The molecule has 2 N–H and O–H groups in total. The van der Waals surface area contributed by atoms with E-state index in [1.165, 1.54) is 0 Å². The monoisotopic (exact) mass is 378 g/mol. The lowest BCUT2D eigenvalue weighted by atomic mass is 10.1. The van der Waals surface area contributed by atoms with E-state index in [0.717, 1.165) is 5.56 Å². The minimum atomic E-state index is -0.872. The highest BCUT2D eigenvalue weighted by Crippen LogP contribution is 2.30. The zero-order valence-corrected chi connectivity index (χ0v) is 14.9. The summed E-state index contributed by atoms with van der Waals surface area (Å²) in [6.45, 7) is 1.81. The summed E-state index contributed by atoms with van der Waals surface area (Å²) in [6, 6.07) is 11.9. The van der Waals surface area contributed by atoms with E-state index in [4.69, 9.17) is 27.9 Å². The average molecular weight is 379 g/mol. The normalized spacial score (nSPS) is 17.1. The van der Waals surface area contributed by atoms with Gasteiger partial charge in [0.1, 0.15) is 5.75 Å². The van der Waals surface area contributed by atoms with Crippen LogP contribution in [0.3, 0.4) is 0 Å². The van der Waals surface area contributed by atoms with E-state index in [1.807, 2.05) is 6.92 Å². The number of carbonyl (C=O) groups excluding carboxylic acids is 2. The van der Waals surface area contributed by atoms with Crippen LogP contribution in [0.4, 0.5) is 5.69 Å². The molecule has 0 unspecified atom stereocenters. The first kappa shape index (κ1) is 17.6. The van der Waals surface area contributed by atoms with E-state index in [0.29, 0.717) is 21.5 Å². The number of anilines is 1. The summed E-state index contributed by atoms with van der Waals surface area (Å²) in [5.41, 5.74) is 1.35. The molecule has 1 aliphatic rings. The van der Waals surface area contributed by atoms with Gasteiger partial charge in [-0.2, -0.15) is 0 Å². The van der Waals surface area contributed by atoms with Crippen molar-refractivity contribution >= 4 is 40.7 Å². The van der Waals surface area contributed by atoms with E-state index < -0.39 is 6.10 Å². The Morgan fingerprint density at radius 1 is 1.28 bits per heavy atom. The van der Waals surface area contributed by atoms with Crippen LogP contribution in [0.2, 0.25) is 10.0 Å². The summed E-state index contributed by atoms with van der Waals surface area (Å²) in [5.74, 6) is -0.0993. The van der Waals surface area contributed by atoms with E-state index in [1.54, 1.807) is 42.5 Å². The first-order valence-corrected chi connectivity index (χ1v) is 8.50. The molecule has 0 fully saturated rings. The number of benzene rings is 2. The van der Waals surface area contributed by atoms with Gasteiger partial charge in [-0.25, -0.2) is 0 Å². The number of nitrogens with one attached hydrogen (secondary N) is 2. The number of amides is 2. The fraction of sp³-hybridized carbons (Fsp3) is 0.222. The van der Waals surface area contributed by atoms with Crippen molar-refractivity contribution in [2.75, 3.05) is 5.32 Å². The lowest BCUT2D eigenvalue weighted by Gasteiger charge is -2.26. The fourth-order valence-corrected chi connectivity index (χ4v) is 3.20. The van der Waals surface area contributed by atoms with Crippen molar-refractivity contribution in [3.63, 3.8) is 0 Å². The van der Waals surface area contributed by atoms with Crippen LogP contribution in [-0.2, 0) is 9.59 Å². The van der Waals surface area contributed by atoms with Crippen LogP contribution in [0.1, 0.15) is 24.9 Å². The van der Waals surface area contributed by atoms with Gasteiger partial charge in [0.25, 0.3) is 5.91 Å². The lowest BCUT2D eigenvalue weighted by molar-refractivity contribution is -0.130. The van der Waals surface area contributed by atoms with Crippen LogP contribution in [0.5, 0.6) is 5.75 Å². The zero-order chi connectivity index (χ0) is 18.0. The average Bonchev–Trinajstić information content (AvgIpc) is 2.55. The largest absolute Gasteiger partial charge is 0.478 e. The molecule has 1 heterocycles. The second-order valence-electron chi connectivity index (χ2n) is 5.75. The Hall–Kier alpha value is -2.24. The summed E-state index contributed by atoms with van der Waals surface area (Å²) in [7, 11) is 0. The molecule has 0 bridgehead atoms. The standard InChI is InChI=1S/C18H16Cl2N2O3/c1-10(12-7-6-11(19)8-13(12)20)21-17(23)9-16-18(24)22-14-4-2-3-5-15(14)25-16/h2-8,10,16H,9H2,1H3,(H,21,23)(H,22,24)/t10-,16+/m0/s1. The third-order valence-electron chi connectivity index (χ3n) is 3.88. The predicted molar refractivity (Wildman–Crippen MR) is 97.1 cm³/mol. The highest BCUT2D eigenvalue weighted by molar-refractivity contribution is 6.35. The highest BCUT2D eigenvalue weighted by atomic mass is 35.5. The number of para-hydroxylation sites is 2. The third-order valence-corrected chi connectivity index (χ3v) is 4.45. The van der Waals surface area contributed by atoms with Gasteiger partial charge in [0.2, 0.25) is 5.91 Å². The van der Waals surface area contributed by atoms with Crippen LogP contribution in [-0.4, -0.2) is 17.9 Å². The minimum Gasteiger partial charge on any atom is -0.478 e. The minimum absolute atomic E-state index is 0.0876. The van der Waals surface area contributed by atoms with Crippen molar-refractivity contribution < 1.29 is 14.3 Å². The molecule has 2 aromatic carbocycles. The van der Waals surface area contributed by atoms with Gasteiger partial charge in [0.05, 0.1) is 18.2 Å². The number of hydrogen-bond acceptors (Lipinski definition) is 3. The molecule has 3 rings (SSSR count). The van der Waals surface area contributed by atoms with Gasteiger partial charge < -0.3 is 15.4 Å². The van der Waals surface area contributed by atoms with E-state index >= 15 is 0 Å². The van der Waals surface area contributed by atoms with Gasteiger partial charge in [-0.05, 0) is 36.8 Å². The molecule has 1 aliphatic heterocycles. The highest BCUT2D eigenvalue weighted by Gasteiger charge is 2.30. The van der Waals surface area contributed by atoms with Crippen LogP contribution in [0, 0.1) is 0 Å².